The van der Waals surface area contributed by atoms with Gasteiger partial charge in [0.25, 0.3) is 0 Å². The topological polar surface area (TPSA) is 37.4 Å². The smallest absolute Gasteiger partial charge is 0.229 e. The lowest BCUT2D eigenvalue weighted by Gasteiger charge is -2.24. The lowest BCUT2D eigenvalue weighted by molar-refractivity contribution is -0.147. The average Bonchev–Trinajstić information content (AvgIpc) is 2.30. The van der Waals surface area contributed by atoms with Crippen molar-refractivity contribution in [3.8, 4) is 0 Å². The fourth-order valence-electron chi connectivity index (χ4n) is 1.98. The van der Waals surface area contributed by atoms with Crippen molar-refractivity contribution in [2.45, 2.75) is 25.7 Å². The van der Waals surface area contributed by atoms with Crippen LogP contribution in [0, 0.1) is 5.82 Å². The van der Waals surface area contributed by atoms with E-state index in [0.29, 0.717) is 31.2 Å². The minimum atomic E-state index is -0.288. The Morgan fingerprint density at radius 3 is 2.41 bits per heavy atom. The molecule has 90 valence electrons. The molecule has 0 spiro atoms. The molecule has 1 aliphatic rings. The number of carbonyl (C=O) groups is 2. The Bertz CT molecular complexity index is 429. The van der Waals surface area contributed by atoms with Gasteiger partial charge in [-0.1, -0.05) is 18.2 Å². The third kappa shape index (κ3) is 2.70. The second-order valence-corrected chi connectivity index (χ2v) is 4.13. The lowest BCUT2D eigenvalue weighted by Crippen LogP contribution is -2.41. The lowest BCUT2D eigenvalue weighted by atomic mass is 10.1. The van der Waals surface area contributed by atoms with Crippen LogP contribution in [0.2, 0.25) is 0 Å². The van der Waals surface area contributed by atoms with Crippen molar-refractivity contribution in [2.75, 3.05) is 6.54 Å². The van der Waals surface area contributed by atoms with E-state index < -0.39 is 0 Å². The third-order valence-electron chi connectivity index (χ3n) is 2.95. The molecule has 0 unspecified atom stereocenters. The van der Waals surface area contributed by atoms with Gasteiger partial charge in [0.05, 0.1) is 0 Å². The van der Waals surface area contributed by atoms with Gasteiger partial charge < -0.3 is 0 Å². The van der Waals surface area contributed by atoms with Crippen LogP contribution in [0.5, 0.6) is 0 Å². The van der Waals surface area contributed by atoms with Crippen LogP contribution in [0.4, 0.5) is 4.39 Å². The molecule has 1 fully saturated rings. The van der Waals surface area contributed by atoms with Crippen LogP contribution in [-0.4, -0.2) is 23.3 Å². The molecule has 2 amide bonds. The summed E-state index contributed by atoms with van der Waals surface area (Å²) < 4.78 is 13.3. The van der Waals surface area contributed by atoms with E-state index in [0.717, 1.165) is 0 Å². The van der Waals surface area contributed by atoms with E-state index in [9.17, 15) is 14.0 Å². The zero-order valence-electron chi connectivity index (χ0n) is 9.49. The summed E-state index contributed by atoms with van der Waals surface area (Å²) in [7, 11) is 0. The highest BCUT2D eigenvalue weighted by Crippen LogP contribution is 2.14. The minimum absolute atomic E-state index is 0.141. The van der Waals surface area contributed by atoms with E-state index in [4.69, 9.17) is 0 Å². The fraction of sp³-hybridized carbons (Fsp3) is 0.385. The number of nitrogens with zero attached hydrogens (tertiary/aromatic N) is 1. The van der Waals surface area contributed by atoms with Crippen LogP contribution < -0.4 is 0 Å². The molecule has 0 saturated carbocycles. The zero-order valence-corrected chi connectivity index (χ0v) is 9.49. The molecule has 1 aromatic carbocycles. The van der Waals surface area contributed by atoms with Crippen LogP contribution in [0.15, 0.2) is 24.3 Å². The molecule has 4 heteroatoms. The monoisotopic (exact) mass is 235 g/mol. The molecular formula is C13H14FNO2. The summed E-state index contributed by atoms with van der Waals surface area (Å²) in [5.41, 5.74) is 0.540. The molecule has 0 aromatic heterocycles. The van der Waals surface area contributed by atoms with Crippen LogP contribution in [0.25, 0.3) is 0 Å². The first-order chi connectivity index (χ1) is 8.18. The highest BCUT2D eigenvalue weighted by Gasteiger charge is 2.25. The van der Waals surface area contributed by atoms with Crippen molar-refractivity contribution in [2.24, 2.45) is 0 Å². The van der Waals surface area contributed by atoms with Crippen LogP contribution in [0.1, 0.15) is 24.8 Å². The van der Waals surface area contributed by atoms with E-state index in [2.05, 4.69) is 0 Å². The zero-order chi connectivity index (χ0) is 12.3. The number of amides is 2. The van der Waals surface area contributed by atoms with E-state index in [-0.39, 0.29) is 24.2 Å². The average molecular weight is 235 g/mol. The summed E-state index contributed by atoms with van der Waals surface area (Å²) in [6.07, 6.45) is 1.85. The maximum atomic E-state index is 13.3. The van der Waals surface area contributed by atoms with E-state index in [1.807, 2.05) is 0 Å². The number of halogens is 1. The quantitative estimate of drug-likeness (QED) is 0.750. The number of carbonyl (C=O) groups excluding carboxylic acids is 2. The first kappa shape index (κ1) is 11.8. The fourth-order valence-corrected chi connectivity index (χ4v) is 1.98. The second kappa shape index (κ2) is 5.08. The summed E-state index contributed by atoms with van der Waals surface area (Å²) >= 11 is 0. The molecule has 0 bridgehead atoms. The number of benzene rings is 1. The Morgan fingerprint density at radius 1 is 1.12 bits per heavy atom. The maximum Gasteiger partial charge on any atom is 0.229 e. The normalized spacial score (nSPS) is 16.4. The van der Waals surface area contributed by atoms with Gasteiger partial charge in [-0.25, -0.2) is 4.39 Å². The predicted molar refractivity (Wildman–Crippen MR) is 60.7 cm³/mol. The maximum absolute atomic E-state index is 13.3. The largest absolute Gasteiger partial charge is 0.282 e. The van der Waals surface area contributed by atoms with Crippen LogP contribution in [0.3, 0.4) is 0 Å². The Hall–Kier alpha value is -1.71. The molecule has 17 heavy (non-hydrogen) atoms. The highest BCUT2D eigenvalue weighted by molar-refractivity contribution is 5.97. The van der Waals surface area contributed by atoms with Gasteiger partial charge in [-0.15, -0.1) is 0 Å². The van der Waals surface area contributed by atoms with Crippen molar-refractivity contribution >= 4 is 11.8 Å². The van der Waals surface area contributed by atoms with Crippen LogP contribution in [-0.2, 0) is 16.0 Å². The standard InChI is InChI=1S/C13H14FNO2/c14-11-5-2-1-4-10(11)8-9-15-12(16)6-3-7-13(15)17/h1-2,4-5H,3,6-9H2. The third-order valence-corrected chi connectivity index (χ3v) is 2.95. The molecule has 0 atom stereocenters. The second-order valence-electron chi connectivity index (χ2n) is 4.13. The molecule has 0 radical (unpaired) electrons. The molecule has 1 saturated heterocycles. The summed E-state index contributed by atoms with van der Waals surface area (Å²) in [4.78, 5) is 24.3. The summed E-state index contributed by atoms with van der Waals surface area (Å²) in [5.74, 6) is -0.570. The van der Waals surface area contributed by atoms with Gasteiger partial charge in [0.15, 0.2) is 0 Å². The Labute approximate surface area is 99.2 Å². The van der Waals surface area contributed by atoms with Crippen LogP contribution >= 0.6 is 0 Å². The summed E-state index contributed by atoms with van der Waals surface area (Å²) in [6.45, 7) is 0.276. The van der Waals surface area contributed by atoms with Gasteiger partial charge in [0.2, 0.25) is 11.8 Å². The van der Waals surface area contributed by atoms with E-state index >= 15 is 0 Å². The van der Waals surface area contributed by atoms with Crippen molar-refractivity contribution < 1.29 is 14.0 Å². The molecule has 1 aliphatic heterocycles. The van der Waals surface area contributed by atoms with E-state index in [1.54, 1.807) is 18.2 Å². The Morgan fingerprint density at radius 2 is 1.76 bits per heavy atom. The number of rotatable bonds is 3. The van der Waals surface area contributed by atoms with E-state index in [1.165, 1.54) is 11.0 Å². The first-order valence-corrected chi connectivity index (χ1v) is 5.75. The van der Waals surface area contributed by atoms with Gasteiger partial charge in [-0.05, 0) is 24.5 Å². The van der Waals surface area contributed by atoms with Gasteiger partial charge in [-0.3, -0.25) is 14.5 Å². The number of imide groups is 1. The SMILES string of the molecule is O=C1CCCC(=O)N1CCc1ccccc1F. The molecule has 0 N–H and O–H groups in total. The van der Waals surface area contributed by atoms with Gasteiger partial charge in [0.1, 0.15) is 5.82 Å². The van der Waals surface area contributed by atoms with Gasteiger partial charge >= 0.3 is 0 Å². The van der Waals surface area contributed by atoms with Crippen molar-refractivity contribution in [1.82, 2.24) is 4.90 Å². The number of likely N-dealkylation sites (tertiary alicyclic amines) is 1. The molecule has 0 aliphatic carbocycles. The van der Waals surface area contributed by atoms with Gasteiger partial charge in [-0.2, -0.15) is 0 Å². The molecule has 2 rings (SSSR count). The first-order valence-electron chi connectivity index (χ1n) is 5.75. The minimum Gasteiger partial charge on any atom is -0.282 e. The molecular weight excluding hydrogens is 221 g/mol. The number of hydrogen-bond acceptors (Lipinski definition) is 2. The number of piperidine rings is 1. The highest BCUT2D eigenvalue weighted by atomic mass is 19.1. The summed E-state index contributed by atoms with van der Waals surface area (Å²) in [5, 5.41) is 0. The van der Waals surface area contributed by atoms with Crippen molar-refractivity contribution in [1.29, 1.82) is 0 Å². The number of hydrogen-bond donors (Lipinski definition) is 0. The molecule has 1 heterocycles. The summed E-state index contributed by atoms with van der Waals surface area (Å²) in [6, 6.07) is 6.43. The predicted octanol–water partition coefficient (Wildman–Crippen LogP) is 1.91. The Kier molecular flexibility index (Phi) is 3.52. The van der Waals surface area contributed by atoms with Crippen molar-refractivity contribution in [3.63, 3.8) is 0 Å². The Balaban J connectivity index is 2.00. The van der Waals surface area contributed by atoms with Gasteiger partial charge in [0, 0.05) is 19.4 Å². The van der Waals surface area contributed by atoms with Crippen molar-refractivity contribution in [3.05, 3.63) is 35.6 Å². The molecule has 3 nitrogen and oxygen atoms in total. The molecule has 1 aromatic rings.